The van der Waals surface area contributed by atoms with Gasteiger partial charge < -0.3 is 20.3 Å². The zero-order valence-electron chi connectivity index (χ0n) is 10.3. The molecule has 0 aromatic rings. The molecule has 0 aliphatic carbocycles. The Bertz CT molecular complexity index is 395. The molecule has 2 aliphatic heterocycles. The smallest absolute Gasteiger partial charge is 0.387 e. The van der Waals surface area contributed by atoms with E-state index in [9.17, 15) is 22.7 Å². The van der Waals surface area contributed by atoms with Crippen molar-refractivity contribution >= 4 is 16.9 Å². The lowest BCUT2D eigenvalue weighted by atomic mass is 9.96. The summed E-state index contributed by atoms with van der Waals surface area (Å²) in [5.74, 6) is 0. The fourth-order valence-corrected chi connectivity index (χ4v) is 3.21. The van der Waals surface area contributed by atoms with Crippen LogP contribution in [0.4, 0.5) is 17.6 Å². The molecule has 2 aliphatic rings. The number of nitrogens with zero attached hydrogens (tertiary/aromatic N) is 1. The molecule has 1 fully saturated rings. The van der Waals surface area contributed by atoms with E-state index in [1.165, 1.54) is 0 Å². The van der Waals surface area contributed by atoms with Crippen molar-refractivity contribution in [2.45, 2.75) is 49.1 Å². The van der Waals surface area contributed by atoms with Crippen molar-refractivity contribution in [3.05, 3.63) is 0 Å². The van der Waals surface area contributed by atoms with Crippen LogP contribution in [0.25, 0.3) is 0 Å². The Kier molecular flexibility index (Phi) is 4.47. The van der Waals surface area contributed by atoms with E-state index < -0.39 is 42.1 Å². The van der Waals surface area contributed by atoms with Crippen LogP contribution in [-0.2, 0) is 4.74 Å². The van der Waals surface area contributed by atoms with E-state index >= 15 is 0 Å². The number of aliphatic imine (C=N–C) groups is 1. The molecule has 0 bridgehead atoms. The molecule has 6 atom stereocenters. The van der Waals surface area contributed by atoms with Crippen molar-refractivity contribution < 1.29 is 32.5 Å². The van der Waals surface area contributed by atoms with Gasteiger partial charge in [-0.3, -0.25) is 4.99 Å². The number of hydrogen-bond acceptors (Lipinski definition) is 6. The number of alkyl halides is 4. The molecule has 20 heavy (non-hydrogen) atoms. The van der Waals surface area contributed by atoms with Crippen LogP contribution < -0.4 is 5.32 Å². The molecule has 0 unspecified atom stereocenters. The van der Waals surface area contributed by atoms with Gasteiger partial charge in [-0.25, -0.2) is 4.39 Å². The third kappa shape index (κ3) is 2.87. The van der Waals surface area contributed by atoms with E-state index in [2.05, 4.69) is 10.3 Å². The number of halogens is 4. The van der Waals surface area contributed by atoms with Gasteiger partial charge in [-0.2, -0.15) is 13.2 Å². The van der Waals surface area contributed by atoms with E-state index in [1.807, 2.05) is 0 Å². The van der Waals surface area contributed by atoms with Gasteiger partial charge in [-0.05, 0) is 6.92 Å². The monoisotopic (exact) mass is 318 g/mol. The molecule has 2 rings (SSSR count). The fourth-order valence-electron chi connectivity index (χ4n) is 2.04. The predicted molar refractivity (Wildman–Crippen MR) is 64.1 cm³/mol. The van der Waals surface area contributed by atoms with Gasteiger partial charge in [0.1, 0.15) is 23.7 Å². The van der Waals surface area contributed by atoms with Crippen LogP contribution in [0.15, 0.2) is 4.99 Å². The summed E-state index contributed by atoms with van der Waals surface area (Å²) < 4.78 is 56.4. The number of aliphatic hydroxyl groups is 2. The van der Waals surface area contributed by atoms with Crippen LogP contribution in [0.1, 0.15) is 6.92 Å². The number of amidine groups is 1. The minimum absolute atomic E-state index is 0.347. The van der Waals surface area contributed by atoms with Crippen LogP contribution in [0.2, 0.25) is 0 Å². The number of hydrogen-bond donors (Lipinski definition) is 3. The normalized spacial score (nSPS) is 39.1. The zero-order valence-corrected chi connectivity index (χ0v) is 11.2. The lowest BCUT2D eigenvalue weighted by Crippen LogP contribution is -2.59. The largest absolute Gasteiger partial charge is 0.417 e. The number of rotatable bonds is 2. The summed E-state index contributed by atoms with van der Waals surface area (Å²) in [6.07, 6.45) is -14.1. The third-order valence-corrected chi connectivity index (χ3v) is 4.12. The molecular weight excluding hydrogens is 304 g/mol. The lowest BCUT2D eigenvalue weighted by Gasteiger charge is -2.39. The Balaban J connectivity index is 2.13. The molecule has 3 N–H and O–H groups in total. The molecule has 0 aromatic carbocycles. The summed E-state index contributed by atoms with van der Waals surface area (Å²) in [5.41, 5.74) is -0.996. The average molecular weight is 318 g/mol. The maximum absolute atomic E-state index is 14.0. The molecule has 0 aromatic heterocycles. The van der Waals surface area contributed by atoms with E-state index in [-0.39, 0.29) is 0 Å². The van der Waals surface area contributed by atoms with E-state index in [4.69, 9.17) is 9.84 Å². The molecular formula is C10H14F4N2O3S. The Morgan fingerprint density at radius 1 is 1.50 bits per heavy atom. The van der Waals surface area contributed by atoms with Gasteiger partial charge in [0.05, 0.1) is 0 Å². The van der Waals surface area contributed by atoms with Gasteiger partial charge in [-0.1, -0.05) is 11.8 Å². The van der Waals surface area contributed by atoms with Gasteiger partial charge in [-0.15, -0.1) is 0 Å². The molecule has 0 amide bonds. The van der Waals surface area contributed by atoms with Crippen molar-refractivity contribution in [1.29, 1.82) is 0 Å². The lowest BCUT2D eigenvalue weighted by molar-refractivity contribution is -0.267. The second-order valence-electron chi connectivity index (χ2n) is 4.46. The summed E-state index contributed by atoms with van der Waals surface area (Å²) in [5, 5.41) is 21.9. The van der Waals surface area contributed by atoms with E-state index in [0.29, 0.717) is 11.7 Å². The van der Waals surface area contributed by atoms with Gasteiger partial charge in [0.25, 0.3) is 0 Å². The quantitative estimate of drug-likeness (QED) is 0.643. The average Bonchev–Trinajstić information content (AvgIpc) is 2.75. The first kappa shape index (κ1) is 15.8. The maximum Gasteiger partial charge on any atom is 0.417 e. The first-order valence-corrected chi connectivity index (χ1v) is 6.84. The van der Waals surface area contributed by atoms with Crippen LogP contribution in [-0.4, -0.2) is 64.1 Å². The second-order valence-corrected chi connectivity index (χ2v) is 5.55. The standard InChI is InChI=1S/C10H14F4N2O3S/c1-2-15-9-16-4-3(11)5(17)6(19-8(4)20-9)7(18)10(12,13)14/h3-8,17-18H,2H2,1H3,(H,15,16)/t3-,4+,5-,6-,7-,8+/m0/s1. The summed E-state index contributed by atoms with van der Waals surface area (Å²) in [4.78, 5) is 3.93. The first-order valence-electron chi connectivity index (χ1n) is 5.96. The van der Waals surface area contributed by atoms with Gasteiger partial charge in [0.15, 0.2) is 17.4 Å². The number of fused-ring (bicyclic) bond motifs is 1. The molecule has 1 saturated heterocycles. The maximum atomic E-state index is 14.0. The van der Waals surface area contributed by atoms with Crippen molar-refractivity contribution in [3.8, 4) is 0 Å². The Hall–Kier alpha value is -0.580. The van der Waals surface area contributed by atoms with Crippen molar-refractivity contribution in [2.24, 2.45) is 4.99 Å². The number of thioether (sulfide) groups is 1. The van der Waals surface area contributed by atoms with Crippen molar-refractivity contribution in [3.63, 3.8) is 0 Å². The highest BCUT2D eigenvalue weighted by molar-refractivity contribution is 8.14. The first-order chi connectivity index (χ1) is 9.25. The highest BCUT2D eigenvalue weighted by Gasteiger charge is 2.56. The molecule has 10 heteroatoms. The predicted octanol–water partition coefficient (Wildman–Crippen LogP) is 0.414. The van der Waals surface area contributed by atoms with E-state index in [0.717, 1.165) is 11.8 Å². The molecule has 0 radical (unpaired) electrons. The summed E-state index contributed by atoms with van der Waals surface area (Å²) in [6.45, 7) is 2.29. The molecule has 2 heterocycles. The summed E-state index contributed by atoms with van der Waals surface area (Å²) in [7, 11) is 0. The minimum Gasteiger partial charge on any atom is -0.387 e. The molecule has 0 saturated carbocycles. The van der Waals surface area contributed by atoms with Gasteiger partial charge >= 0.3 is 6.18 Å². The third-order valence-electron chi connectivity index (χ3n) is 3.03. The van der Waals surface area contributed by atoms with Crippen molar-refractivity contribution in [1.82, 2.24) is 5.32 Å². The van der Waals surface area contributed by atoms with Crippen LogP contribution in [0.3, 0.4) is 0 Å². The second kappa shape index (κ2) is 5.66. The topological polar surface area (TPSA) is 74.1 Å². The van der Waals surface area contributed by atoms with Crippen molar-refractivity contribution in [2.75, 3.05) is 6.54 Å². The molecule has 116 valence electrons. The fraction of sp³-hybridized carbons (Fsp3) is 0.900. The number of nitrogens with one attached hydrogen (secondary N) is 1. The SMILES string of the molecule is CCNC1=N[C@@H]2[C@H](F)[C@H](O)[C@@H]([C@H](O)C(F)(F)F)O[C@@H]2S1. The summed E-state index contributed by atoms with van der Waals surface area (Å²) >= 11 is 0.944. The highest BCUT2D eigenvalue weighted by atomic mass is 32.2. The number of aliphatic hydroxyl groups excluding tert-OH is 2. The highest BCUT2D eigenvalue weighted by Crippen LogP contribution is 2.40. The minimum atomic E-state index is -4.99. The molecule has 0 spiro atoms. The summed E-state index contributed by atoms with van der Waals surface area (Å²) in [6, 6.07) is -1.08. The molecule has 5 nitrogen and oxygen atoms in total. The van der Waals surface area contributed by atoms with Crippen LogP contribution >= 0.6 is 11.8 Å². The van der Waals surface area contributed by atoms with Crippen LogP contribution in [0.5, 0.6) is 0 Å². The Morgan fingerprint density at radius 3 is 2.70 bits per heavy atom. The van der Waals surface area contributed by atoms with Gasteiger partial charge in [0.2, 0.25) is 0 Å². The Morgan fingerprint density at radius 2 is 2.15 bits per heavy atom. The Labute approximate surface area is 116 Å². The zero-order chi connectivity index (χ0) is 15.1. The van der Waals surface area contributed by atoms with Gasteiger partial charge in [0, 0.05) is 6.54 Å². The number of ether oxygens (including phenoxy) is 1. The van der Waals surface area contributed by atoms with E-state index in [1.54, 1.807) is 6.92 Å². The van der Waals surface area contributed by atoms with Crippen LogP contribution in [0, 0.1) is 0 Å².